The van der Waals surface area contributed by atoms with Gasteiger partial charge in [0.1, 0.15) is 0 Å². The number of amides is 1. The zero-order chi connectivity index (χ0) is 13.2. The summed E-state index contributed by atoms with van der Waals surface area (Å²) in [4.78, 5) is 11.5. The second-order valence-corrected chi connectivity index (χ2v) is 3.87. The van der Waals surface area contributed by atoms with Gasteiger partial charge >= 0.3 is 0 Å². The summed E-state index contributed by atoms with van der Waals surface area (Å²) in [7, 11) is 0. The fraction of sp³-hybridized carbons (Fsp3) is 0.500. The van der Waals surface area contributed by atoms with E-state index in [0.717, 1.165) is 12.8 Å². The number of ether oxygens (including phenoxy) is 2. The van der Waals surface area contributed by atoms with Gasteiger partial charge in [0.2, 0.25) is 0 Å². The third-order valence-corrected chi connectivity index (χ3v) is 2.36. The number of hydrogen-bond acceptors (Lipinski definition) is 3. The molecule has 1 amide bonds. The van der Waals surface area contributed by atoms with Crippen molar-refractivity contribution < 1.29 is 14.3 Å². The van der Waals surface area contributed by atoms with Crippen molar-refractivity contribution in [2.24, 2.45) is 0 Å². The quantitative estimate of drug-likeness (QED) is 0.722. The van der Waals surface area contributed by atoms with Crippen LogP contribution in [0.2, 0.25) is 0 Å². The highest BCUT2D eigenvalue weighted by Gasteiger charge is 2.06. The van der Waals surface area contributed by atoms with E-state index in [1.54, 1.807) is 6.07 Å². The van der Waals surface area contributed by atoms with Crippen LogP contribution in [0.25, 0.3) is 0 Å². The molecule has 0 unspecified atom stereocenters. The summed E-state index contributed by atoms with van der Waals surface area (Å²) >= 11 is 0. The third-order valence-electron chi connectivity index (χ3n) is 2.36. The molecule has 0 spiro atoms. The van der Waals surface area contributed by atoms with E-state index in [4.69, 9.17) is 9.47 Å². The number of unbranched alkanes of at least 4 members (excludes halogenated alkanes) is 1. The molecule has 0 aliphatic rings. The van der Waals surface area contributed by atoms with E-state index >= 15 is 0 Å². The van der Waals surface area contributed by atoms with E-state index in [9.17, 15) is 4.79 Å². The first-order valence-corrected chi connectivity index (χ1v) is 6.39. The van der Waals surface area contributed by atoms with Crippen LogP contribution in [-0.4, -0.2) is 25.7 Å². The van der Waals surface area contributed by atoms with Crippen molar-refractivity contribution >= 4 is 5.91 Å². The van der Waals surface area contributed by atoms with Gasteiger partial charge in [0.15, 0.2) is 18.1 Å². The van der Waals surface area contributed by atoms with Crippen molar-refractivity contribution in [1.29, 1.82) is 0 Å². The number of carbonyl (C=O) groups excluding carboxylic acids is 1. The molecule has 0 saturated heterocycles. The van der Waals surface area contributed by atoms with Crippen LogP contribution >= 0.6 is 0 Å². The molecule has 0 aromatic heterocycles. The first-order valence-electron chi connectivity index (χ1n) is 6.39. The minimum atomic E-state index is -0.102. The van der Waals surface area contributed by atoms with Crippen LogP contribution in [-0.2, 0) is 4.79 Å². The maximum atomic E-state index is 11.5. The van der Waals surface area contributed by atoms with Crippen LogP contribution in [0.1, 0.15) is 26.7 Å². The van der Waals surface area contributed by atoms with Crippen molar-refractivity contribution in [3.8, 4) is 11.5 Å². The largest absolute Gasteiger partial charge is 0.490 e. The van der Waals surface area contributed by atoms with Gasteiger partial charge in [0.05, 0.1) is 6.61 Å². The van der Waals surface area contributed by atoms with E-state index in [-0.39, 0.29) is 12.5 Å². The minimum Gasteiger partial charge on any atom is -0.490 e. The Labute approximate surface area is 108 Å². The topological polar surface area (TPSA) is 47.6 Å². The molecule has 0 bridgehead atoms. The Morgan fingerprint density at radius 3 is 2.44 bits per heavy atom. The molecule has 0 fully saturated rings. The zero-order valence-corrected chi connectivity index (χ0v) is 11.1. The lowest BCUT2D eigenvalue weighted by molar-refractivity contribution is -0.123. The smallest absolute Gasteiger partial charge is 0.257 e. The Bertz CT molecular complexity index is 366. The van der Waals surface area contributed by atoms with Crippen LogP contribution < -0.4 is 14.8 Å². The molecule has 0 atom stereocenters. The average Bonchev–Trinajstić information content (AvgIpc) is 2.38. The van der Waals surface area contributed by atoms with E-state index in [1.165, 1.54) is 0 Å². The summed E-state index contributed by atoms with van der Waals surface area (Å²) in [6, 6.07) is 7.35. The second kappa shape index (κ2) is 8.39. The van der Waals surface area contributed by atoms with Crippen molar-refractivity contribution in [1.82, 2.24) is 5.32 Å². The molecule has 1 N–H and O–H groups in total. The Kier molecular flexibility index (Phi) is 6.69. The maximum Gasteiger partial charge on any atom is 0.257 e. The van der Waals surface area contributed by atoms with Crippen molar-refractivity contribution in [3.05, 3.63) is 24.3 Å². The minimum absolute atomic E-state index is 0.0216. The lowest BCUT2D eigenvalue weighted by atomic mass is 10.3. The molecule has 1 rings (SSSR count). The summed E-state index contributed by atoms with van der Waals surface area (Å²) in [5.41, 5.74) is 0. The Balaban J connectivity index is 2.40. The number of carbonyl (C=O) groups is 1. The van der Waals surface area contributed by atoms with Crippen LogP contribution in [0.4, 0.5) is 0 Å². The third kappa shape index (κ3) is 5.08. The van der Waals surface area contributed by atoms with Gasteiger partial charge in [-0.3, -0.25) is 4.79 Å². The Morgan fingerprint density at radius 1 is 1.17 bits per heavy atom. The van der Waals surface area contributed by atoms with Gasteiger partial charge in [-0.25, -0.2) is 0 Å². The first-order chi connectivity index (χ1) is 8.77. The lowest BCUT2D eigenvalue weighted by Gasteiger charge is -2.11. The summed E-state index contributed by atoms with van der Waals surface area (Å²) in [6.45, 7) is 5.29. The van der Waals surface area contributed by atoms with E-state index < -0.39 is 0 Å². The van der Waals surface area contributed by atoms with Crippen molar-refractivity contribution in [2.75, 3.05) is 19.8 Å². The number of rotatable bonds is 8. The highest BCUT2D eigenvalue weighted by molar-refractivity contribution is 5.77. The van der Waals surface area contributed by atoms with Crippen molar-refractivity contribution in [3.63, 3.8) is 0 Å². The van der Waals surface area contributed by atoms with Crippen LogP contribution in [0.15, 0.2) is 24.3 Å². The number of para-hydroxylation sites is 2. The van der Waals surface area contributed by atoms with Crippen LogP contribution in [0.5, 0.6) is 11.5 Å². The zero-order valence-electron chi connectivity index (χ0n) is 11.1. The van der Waals surface area contributed by atoms with Crippen LogP contribution in [0, 0.1) is 0 Å². The fourth-order valence-corrected chi connectivity index (χ4v) is 1.44. The molecule has 4 heteroatoms. The van der Waals surface area contributed by atoms with Gasteiger partial charge in [-0.05, 0) is 25.5 Å². The standard InChI is InChI=1S/C14H21NO3/c1-3-5-10-15-14(16)11-18-13-9-7-6-8-12(13)17-4-2/h6-9H,3-5,10-11H2,1-2H3,(H,15,16). The molecule has 0 aliphatic carbocycles. The summed E-state index contributed by atoms with van der Waals surface area (Å²) < 4.78 is 10.9. The number of nitrogens with one attached hydrogen (secondary N) is 1. The van der Waals surface area contributed by atoms with E-state index in [0.29, 0.717) is 24.7 Å². The molecule has 100 valence electrons. The fourth-order valence-electron chi connectivity index (χ4n) is 1.44. The van der Waals surface area contributed by atoms with Gasteiger partial charge in [-0.15, -0.1) is 0 Å². The van der Waals surface area contributed by atoms with Gasteiger partial charge < -0.3 is 14.8 Å². The molecule has 1 aromatic rings. The molecule has 18 heavy (non-hydrogen) atoms. The molecule has 0 saturated carbocycles. The predicted molar refractivity (Wildman–Crippen MR) is 71.0 cm³/mol. The predicted octanol–water partition coefficient (Wildman–Crippen LogP) is 2.38. The summed E-state index contributed by atoms with van der Waals surface area (Å²) in [6.07, 6.45) is 2.05. The molecular weight excluding hydrogens is 230 g/mol. The van der Waals surface area contributed by atoms with Crippen LogP contribution in [0.3, 0.4) is 0 Å². The van der Waals surface area contributed by atoms with Gasteiger partial charge in [0, 0.05) is 6.54 Å². The average molecular weight is 251 g/mol. The molecule has 0 radical (unpaired) electrons. The number of hydrogen-bond donors (Lipinski definition) is 1. The van der Waals surface area contributed by atoms with E-state index in [1.807, 2.05) is 25.1 Å². The molecular formula is C14H21NO3. The highest BCUT2D eigenvalue weighted by Crippen LogP contribution is 2.26. The van der Waals surface area contributed by atoms with Gasteiger partial charge in [-0.1, -0.05) is 25.5 Å². The van der Waals surface area contributed by atoms with Gasteiger partial charge in [-0.2, -0.15) is 0 Å². The monoisotopic (exact) mass is 251 g/mol. The Morgan fingerprint density at radius 2 is 1.83 bits per heavy atom. The molecule has 0 aliphatic heterocycles. The maximum absolute atomic E-state index is 11.5. The highest BCUT2D eigenvalue weighted by atomic mass is 16.5. The Hall–Kier alpha value is -1.71. The van der Waals surface area contributed by atoms with Crippen molar-refractivity contribution in [2.45, 2.75) is 26.7 Å². The lowest BCUT2D eigenvalue weighted by Crippen LogP contribution is -2.29. The molecule has 0 heterocycles. The van der Waals surface area contributed by atoms with E-state index in [2.05, 4.69) is 12.2 Å². The van der Waals surface area contributed by atoms with Gasteiger partial charge in [0.25, 0.3) is 5.91 Å². The second-order valence-electron chi connectivity index (χ2n) is 3.87. The summed E-state index contributed by atoms with van der Waals surface area (Å²) in [5, 5.41) is 2.80. The molecule has 1 aromatic carbocycles. The summed E-state index contributed by atoms with van der Waals surface area (Å²) in [5.74, 6) is 1.17. The normalized spacial score (nSPS) is 9.89. The first kappa shape index (κ1) is 14.4. The number of benzene rings is 1. The SMILES string of the molecule is CCCCNC(=O)COc1ccccc1OCC. The molecule has 4 nitrogen and oxygen atoms in total.